The summed E-state index contributed by atoms with van der Waals surface area (Å²) in [6.45, 7) is 9.19. The highest BCUT2D eigenvalue weighted by atomic mass is 32.1. The van der Waals surface area contributed by atoms with Crippen molar-refractivity contribution in [3.63, 3.8) is 0 Å². The van der Waals surface area contributed by atoms with Crippen LogP contribution in [0.1, 0.15) is 44.2 Å². The predicted molar refractivity (Wildman–Crippen MR) is 96.9 cm³/mol. The lowest BCUT2D eigenvalue weighted by Gasteiger charge is -2.34. The Morgan fingerprint density at radius 1 is 1.38 bits per heavy atom. The Bertz CT molecular complexity index is 961. The summed E-state index contributed by atoms with van der Waals surface area (Å²) in [6, 6.07) is 2.37. The topological polar surface area (TPSA) is 66.8 Å². The van der Waals surface area contributed by atoms with Gasteiger partial charge in [0, 0.05) is 11.4 Å². The van der Waals surface area contributed by atoms with Gasteiger partial charge in [-0.25, -0.2) is 4.68 Å². The molecule has 0 bridgehead atoms. The molecule has 3 aromatic rings. The van der Waals surface area contributed by atoms with E-state index in [-0.39, 0.29) is 17.1 Å². The van der Waals surface area contributed by atoms with E-state index in [1.807, 2.05) is 4.68 Å². The van der Waals surface area contributed by atoms with Gasteiger partial charge in [0.25, 0.3) is 5.56 Å². The van der Waals surface area contributed by atoms with E-state index in [4.69, 9.17) is 4.98 Å². The van der Waals surface area contributed by atoms with Gasteiger partial charge in [0.05, 0.1) is 17.8 Å². The molecule has 1 N–H and O–H groups in total. The molecule has 7 heteroatoms. The van der Waals surface area contributed by atoms with Crippen molar-refractivity contribution < 1.29 is 0 Å². The Kier molecular flexibility index (Phi) is 3.32. The molecular weight excluding hydrogens is 322 g/mol. The number of aromatic nitrogens is 4. The van der Waals surface area contributed by atoms with Crippen LogP contribution >= 0.6 is 11.3 Å². The van der Waals surface area contributed by atoms with Crippen LogP contribution in [0.5, 0.6) is 0 Å². The van der Waals surface area contributed by atoms with Crippen LogP contribution in [-0.2, 0) is 12.0 Å². The second-order valence-corrected chi connectivity index (χ2v) is 8.27. The van der Waals surface area contributed by atoms with E-state index in [0.29, 0.717) is 17.0 Å². The van der Waals surface area contributed by atoms with Crippen molar-refractivity contribution in [1.82, 2.24) is 19.7 Å². The van der Waals surface area contributed by atoms with E-state index in [1.54, 1.807) is 17.5 Å². The van der Waals surface area contributed by atoms with Gasteiger partial charge in [0.2, 0.25) is 5.95 Å². The monoisotopic (exact) mass is 343 g/mol. The number of hydrogen-bond acceptors (Lipinski definition) is 5. The molecule has 6 nitrogen and oxygen atoms in total. The quantitative estimate of drug-likeness (QED) is 0.737. The largest absolute Gasteiger partial charge is 0.335 e. The van der Waals surface area contributed by atoms with Crippen molar-refractivity contribution in [2.24, 2.45) is 0 Å². The Balaban J connectivity index is 1.85. The number of fused-ring (bicyclic) bond motifs is 2. The highest BCUT2D eigenvalue weighted by Crippen LogP contribution is 2.34. The molecule has 0 radical (unpaired) electrons. The van der Waals surface area contributed by atoms with E-state index in [0.717, 1.165) is 13.0 Å². The Hall–Kier alpha value is -2.15. The smallest absolute Gasteiger partial charge is 0.263 e. The molecule has 24 heavy (non-hydrogen) atoms. The maximum absolute atomic E-state index is 12.5. The maximum atomic E-state index is 12.5. The van der Waals surface area contributed by atoms with E-state index in [9.17, 15) is 4.79 Å². The van der Waals surface area contributed by atoms with Gasteiger partial charge in [-0.1, -0.05) is 0 Å². The molecule has 1 aliphatic heterocycles. The number of thiophene rings is 1. The van der Waals surface area contributed by atoms with Crippen molar-refractivity contribution in [1.29, 1.82) is 0 Å². The van der Waals surface area contributed by atoms with Crippen molar-refractivity contribution in [2.45, 2.75) is 45.7 Å². The summed E-state index contributed by atoms with van der Waals surface area (Å²) in [7, 11) is 0. The average molecular weight is 343 g/mol. The Morgan fingerprint density at radius 3 is 2.92 bits per heavy atom. The normalized spacial score (nSPS) is 18.2. The van der Waals surface area contributed by atoms with Gasteiger partial charge in [0.1, 0.15) is 5.39 Å². The number of nitrogens with one attached hydrogen (secondary N) is 1. The fourth-order valence-electron chi connectivity index (χ4n) is 3.33. The van der Waals surface area contributed by atoms with Crippen LogP contribution in [0, 0.1) is 0 Å². The molecule has 3 aromatic heterocycles. The summed E-state index contributed by atoms with van der Waals surface area (Å²) < 4.78 is 1.83. The van der Waals surface area contributed by atoms with Crippen LogP contribution in [0.4, 0.5) is 5.95 Å². The van der Waals surface area contributed by atoms with Crippen LogP contribution in [0.15, 0.2) is 22.4 Å². The molecule has 4 rings (SSSR count). The summed E-state index contributed by atoms with van der Waals surface area (Å²) >= 11 is 1.81. The molecule has 0 amide bonds. The molecule has 0 aliphatic carbocycles. The van der Waals surface area contributed by atoms with Crippen molar-refractivity contribution >= 4 is 28.3 Å². The number of hydrogen-bond donors (Lipinski definition) is 1. The number of nitrogens with zero attached hydrogens (tertiary/aromatic N) is 4. The van der Waals surface area contributed by atoms with Crippen molar-refractivity contribution in [3.05, 3.63) is 38.4 Å². The van der Waals surface area contributed by atoms with E-state index >= 15 is 0 Å². The highest BCUT2D eigenvalue weighted by Gasteiger charge is 2.28. The first-order valence-corrected chi connectivity index (χ1v) is 9.05. The van der Waals surface area contributed by atoms with Gasteiger partial charge in [-0.05, 0) is 51.1 Å². The SMILES string of the molecule is CC1c2ccsc2CCN1c1nc2c(cnn2C(C)(C)C)c(=O)[nH]1. The van der Waals surface area contributed by atoms with E-state index in [1.165, 1.54) is 10.4 Å². The number of H-pyrrole nitrogens is 1. The predicted octanol–water partition coefficient (Wildman–Crippen LogP) is 3.06. The minimum Gasteiger partial charge on any atom is -0.335 e. The highest BCUT2D eigenvalue weighted by molar-refractivity contribution is 7.10. The third-order valence-corrected chi connectivity index (χ3v) is 5.61. The second kappa shape index (κ2) is 5.17. The molecule has 1 aliphatic rings. The molecule has 1 atom stereocenters. The molecule has 0 spiro atoms. The molecular formula is C17H21N5OS. The summed E-state index contributed by atoms with van der Waals surface area (Å²) in [5, 5.41) is 7.05. The van der Waals surface area contributed by atoms with Gasteiger partial charge < -0.3 is 4.90 Å². The first-order chi connectivity index (χ1) is 11.4. The van der Waals surface area contributed by atoms with Crippen LogP contribution in [0.25, 0.3) is 11.0 Å². The van der Waals surface area contributed by atoms with Gasteiger partial charge in [-0.15, -0.1) is 11.3 Å². The van der Waals surface area contributed by atoms with Crippen molar-refractivity contribution in [2.75, 3.05) is 11.4 Å². The maximum Gasteiger partial charge on any atom is 0.263 e. The van der Waals surface area contributed by atoms with Crippen molar-refractivity contribution in [3.8, 4) is 0 Å². The third-order valence-electron chi connectivity index (χ3n) is 4.61. The standard InChI is InChI=1S/C17H21N5OS/c1-10-11-6-8-24-13(11)5-7-21(10)16-19-14-12(15(23)20-16)9-18-22(14)17(2,3)4/h6,8-10H,5,7H2,1-4H3,(H,19,20,23). The summed E-state index contributed by atoms with van der Waals surface area (Å²) in [6.07, 6.45) is 2.59. The number of anilines is 1. The lowest BCUT2D eigenvalue weighted by atomic mass is 10.0. The Labute approximate surface area is 144 Å². The second-order valence-electron chi connectivity index (χ2n) is 7.27. The summed E-state index contributed by atoms with van der Waals surface area (Å²) in [4.78, 5) is 23.8. The lowest BCUT2D eigenvalue weighted by molar-refractivity contribution is 0.366. The molecule has 0 aromatic carbocycles. The van der Waals surface area contributed by atoms with E-state index < -0.39 is 0 Å². The third kappa shape index (κ3) is 2.26. The number of aromatic amines is 1. The molecule has 1 unspecified atom stereocenters. The van der Waals surface area contributed by atoms with Crippen LogP contribution in [-0.4, -0.2) is 26.3 Å². The van der Waals surface area contributed by atoms with Crippen LogP contribution in [0.3, 0.4) is 0 Å². The van der Waals surface area contributed by atoms with Gasteiger partial charge in [-0.3, -0.25) is 9.78 Å². The van der Waals surface area contributed by atoms with Gasteiger partial charge in [0.15, 0.2) is 5.65 Å². The number of rotatable bonds is 1. The zero-order valence-electron chi connectivity index (χ0n) is 14.3. The minimum absolute atomic E-state index is 0.131. The average Bonchev–Trinajstić information content (AvgIpc) is 3.13. The zero-order chi connectivity index (χ0) is 17.1. The fourth-order valence-corrected chi connectivity index (χ4v) is 4.30. The first-order valence-electron chi connectivity index (χ1n) is 8.17. The van der Waals surface area contributed by atoms with Gasteiger partial charge >= 0.3 is 0 Å². The van der Waals surface area contributed by atoms with Crippen LogP contribution < -0.4 is 10.5 Å². The summed E-state index contributed by atoms with van der Waals surface area (Å²) in [5.74, 6) is 0.628. The van der Waals surface area contributed by atoms with Gasteiger partial charge in [-0.2, -0.15) is 10.1 Å². The summed E-state index contributed by atoms with van der Waals surface area (Å²) in [5.41, 5.74) is 1.62. The molecule has 0 saturated carbocycles. The molecule has 126 valence electrons. The van der Waals surface area contributed by atoms with Crippen LogP contribution in [0.2, 0.25) is 0 Å². The first kappa shape index (κ1) is 15.4. The lowest BCUT2D eigenvalue weighted by Crippen LogP contribution is -2.35. The fraction of sp³-hybridized carbons (Fsp3) is 0.471. The molecule has 4 heterocycles. The molecule has 0 saturated heterocycles. The Morgan fingerprint density at radius 2 is 2.17 bits per heavy atom. The molecule has 0 fully saturated rings. The zero-order valence-corrected chi connectivity index (χ0v) is 15.1. The van der Waals surface area contributed by atoms with E-state index in [2.05, 4.69) is 54.1 Å². The minimum atomic E-state index is -0.228.